The van der Waals surface area contributed by atoms with Crippen molar-refractivity contribution in [2.45, 2.75) is 18.5 Å². The van der Waals surface area contributed by atoms with E-state index in [1.165, 1.54) is 0 Å². The molecule has 0 fully saturated rings. The van der Waals surface area contributed by atoms with E-state index in [1.54, 1.807) is 0 Å². The largest absolute Gasteiger partial charge is 0.457 e. The lowest BCUT2D eigenvalue weighted by Gasteiger charge is -2.18. The Balaban J connectivity index is 2.08. The van der Waals surface area contributed by atoms with Gasteiger partial charge in [0.2, 0.25) is 0 Å². The number of rotatable bonds is 4. The lowest BCUT2D eigenvalue weighted by Crippen LogP contribution is -2.13. The van der Waals surface area contributed by atoms with Crippen LogP contribution in [0.3, 0.4) is 0 Å². The first-order valence-corrected chi connectivity index (χ1v) is 9.38. The Morgan fingerprint density at radius 1 is 0.459 bits per heavy atom. The fourth-order valence-corrected chi connectivity index (χ4v) is 3.16. The van der Waals surface area contributed by atoms with Gasteiger partial charge >= 0.3 is 18.5 Å². The van der Waals surface area contributed by atoms with Gasteiger partial charge in [-0.15, -0.1) is 0 Å². The maximum absolute atomic E-state index is 14.4. The highest BCUT2D eigenvalue weighted by atomic mass is 19.4. The molecule has 4 nitrogen and oxygen atoms in total. The van der Waals surface area contributed by atoms with Gasteiger partial charge in [0.15, 0.2) is 0 Å². The third-order valence-corrected chi connectivity index (χ3v) is 4.53. The molecule has 0 radical (unpaired) electrons. The summed E-state index contributed by atoms with van der Waals surface area (Å²) >= 11 is 0. The van der Waals surface area contributed by atoms with E-state index >= 15 is 0 Å². The number of alkyl halides is 9. The minimum absolute atomic E-state index is 0.0384. The van der Waals surface area contributed by atoms with Crippen molar-refractivity contribution in [2.24, 2.45) is 0 Å². The zero-order valence-electron chi connectivity index (χ0n) is 17.5. The highest BCUT2D eigenvalue weighted by Gasteiger charge is 2.40. The molecule has 4 N–H and O–H groups in total. The van der Waals surface area contributed by atoms with Crippen molar-refractivity contribution in [3.8, 4) is 23.0 Å². The Hall–Kier alpha value is -3.98. The molecular weight excluding hydrogens is 540 g/mol. The zero-order valence-corrected chi connectivity index (χ0v) is 17.5. The monoisotopic (exact) mass is 550 g/mol. The van der Waals surface area contributed by atoms with Crippen LogP contribution in [0.25, 0.3) is 0 Å². The molecule has 16 heteroatoms. The topological polar surface area (TPSA) is 70.5 Å². The van der Waals surface area contributed by atoms with Crippen LogP contribution in [0.1, 0.15) is 16.7 Å². The first kappa shape index (κ1) is 27.6. The summed E-state index contributed by atoms with van der Waals surface area (Å²) in [6.07, 6.45) is -15.9. The Morgan fingerprint density at radius 2 is 0.784 bits per heavy atom. The molecule has 0 amide bonds. The van der Waals surface area contributed by atoms with Crippen molar-refractivity contribution in [3.05, 3.63) is 70.5 Å². The molecule has 0 heterocycles. The summed E-state index contributed by atoms with van der Waals surface area (Å²) in [6.45, 7) is 0. The van der Waals surface area contributed by atoms with Crippen LogP contribution >= 0.6 is 0 Å². The molecule has 0 spiro atoms. The van der Waals surface area contributed by atoms with Gasteiger partial charge < -0.3 is 20.9 Å². The van der Waals surface area contributed by atoms with Gasteiger partial charge in [-0.1, -0.05) is 0 Å². The smallest absolute Gasteiger partial charge is 0.422 e. The van der Waals surface area contributed by atoms with Gasteiger partial charge in [0.05, 0.1) is 11.4 Å². The molecule has 3 aromatic rings. The molecule has 0 aromatic heterocycles. The van der Waals surface area contributed by atoms with Crippen LogP contribution < -0.4 is 20.9 Å². The normalized spacial score (nSPS) is 12.5. The van der Waals surface area contributed by atoms with Gasteiger partial charge in [0.1, 0.15) is 57.1 Å². The number of benzene rings is 3. The number of anilines is 2. The second kappa shape index (κ2) is 9.15. The van der Waals surface area contributed by atoms with Crippen molar-refractivity contribution < 1.29 is 62.2 Å². The quantitative estimate of drug-likeness (QED) is 0.256. The standard InChI is InChI=1S/C21H10F12N2O2/c22-10-1-7(4-13(34)16(10)19(25,26)27)36-9-3-12(24)18(21(31,32)33)15(6-9)37-8-2-11(23)17(14(35)5-8)20(28,29)30/h1-6H,34-35H2. The number of ether oxygens (including phenoxy) is 2. The third kappa shape index (κ3) is 5.89. The molecule has 0 aliphatic rings. The fourth-order valence-electron chi connectivity index (χ4n) is 3.16. The van der Waals surface area contributed by atoms with Crippen molar-refractivity contribution in [1.82, 2.24) is 0 Å². The van der Waals surface area contributed by atoms with Crippen LogP contribution in [0.5, 0.6) is 23.0 Å². The Labute approximate surface area is 198 Å². The molecule has 3 rings (SSSR count). The summed E-state index contributed by atoms with van der Waals surface area (Å²) in [7, 11) is 0. The average molecular weight is 550 g/mol. The Morgan fingerprint density at radius 3 is 1.14 bits per heavy atom. The van der Waals surface area contributed by atoms with E-state index in [9.17, 15) is 52.7 Å². The first-order valence-electron chi connectivity index (χ1n) is 9.38. The van der Waals surface area contributed by atoms with Gasteiger partial charge in [-0.05, 0) is 0 Å². The lowest BCUT2D eigenvalue weighted by molar-refractivity contribution is -0.141. The van der Waals surface area contributed by atoms with Crippen LogP contribution in [0.4, 0.5) is 64.1 Å². The molecule has 0 saturated carbocycles. The second-order valence-electron chi connectivity index (χ2n) is 7.21. The van der Waals surface area contributed by atoms with Crippen LogP contribution in [-0.4, -0.2) is 0 Å². The molecule has 0 aliphatic carbocycles. The lowest BCUT2D eigenvalue weighted by atomic mass is 10.1. The molecule has 0 aliphatic heterocycles. The van der Waals surface area contributed by atoms with E-state index in [2.05, 4.69) is 0 Å². The molecule has 0 unspecified atom stereocenters. The zero-order chi connectivity index (χ0) is 28.1. The number of halogens is 12. The highest BCUT2D eigenvalue weighted by molar-refractivity contribution is 5.57. The van der Waals surface area contributed by atoms with Gasteiger partial charge in [-0.3, -0.25) is 0 Å². The Kier molecular flexibility index (Phi) is 6.83. The van der Waals surface area contributed by atoms with Gasteiger partial charge in [-0.2, -0.15) is 39.5 Å². The van der Waals surface area contributed by atoms with Crippen molar-refractivity contribution in [2.75, 3.05) is 11.5 Å². The predicted molar refractivity (Wildman–Crippen MR) is 103 cm³/mol. The van der Waals surface area contributed by atoms with E-state index in [1.807, 2.05) is 0 Å². The van der Waals surface area contributed by atoms with Crippen molar-refractivity contribution in [3.63, 3.8) is 0 Å². The molecule has 200 valence electrons. The van der Waals surface area contributed by atoms with Gasteiger partial charge in [0.25, 0.3) is 0 Å². The maximum Gasteiger partial charge on any atom is 0.422 e. The maximum atomic E-state index is 14.4. The van der Waals surface area contributed by atoms with Crippen LogP contribution in [0, 0.1) is 17.5 Å². The summed E-state index contributed by atoms with van der Waals surface area (Å²) in [5.74, 6) is -10.1. The highest BCUT2D eigenvalue weighted by Crippen LogP contribution is 2.45. The summed E-state index contributed by atoms with van der Waals surface area (Å²) in [5.41, 5.74) is 1.98. The van der Waals surface area contributed by atoms with Crippen LogP contribution in [0.15, 0.2) is 36.4 Å². The van der Waals surface area contributed by atoms with E-state index in [4.69, 9.17) is 20.9 Å². The third-order valence-electron chi connectivity index (χ3n) is 4.53. The fraction of sp³-hybridized carbons (Fsp3) is 0.143. The molecule has 37 heavy (non-hydrogen) atoms. The Bertz CT molecular complexity index is 1300. The van der Waals surface area contributed by atoms with Gasteiger partial charge in [0, 0.05) is 36.4 Å². The van der Waals surface area contributed by atoms with Crippen molar-refractivity contribution in [1.29, 1.82) is 0 Å². The molecule has 0 bridgehead atoms. The summed E-state index contributed by atoms with van der Waals surface area (Å²) in [6, 6.07) is 1.42. The summed E-state index contributed by atoms with van der Waals surface area (Å²) < 4.78 is 169. The number of nitrogen functional groups attached to an aromatic ring is 2. The number of nitrogens with two attached hydrogens (primary N) is 2. The average Bonchev–Trinajstić information content (AvgIpc) is 2.62. The molecule has 0 atom stereocenters. The van der Waals surface area contributed by atoms with Crippen LogP contribution in [-0.2, 0) is 18.5 Å². The van der Waals surface area contributed by atoms with E-state index in [-0.39, 0.29) is 18.2 Å². The summed E-state index contributed by atoms with van der Waals surface area (Å²) in [4.78, 5) is 0. The van der Waals surface area contributed by atoms with E-state index in [0.717, 1.165) is 0 Å². The number of hydrogen-bond donors (Lipinski definition) is 2. The van der Waals surface area contributed by atoms with Crippen LogP contribution in [0.2, 0.25) is 0 Å². The predicted octanol–water partition coefficient (Wildman–Crippen LogP) is 7.91. The molecule has 3 aromatic carbocycles. The SMILES string of the molecule is Nc1cc(Oc2cc(F)c(C(F)(F)F)c(Oc3cc(N)c(C(F)(F)F)c(F)c3)c2)cc(F)c1C(F)(F)F. The van der Waals surface area contributed by atoms with Crippen molar-refractivity contribution >= 4 is 11.4 Å². The van der Waals surface area contributed by atoms with E-state index in [0.29, 0.717) is 18.2 Å². The van der Waals surface area contributed by atoms with Gasteiger partial charge in [-0.25, -0.2) is 13.2 Å². The molecule has 0 saturated heterocycles. The minimum atomic E-state index is -5.46. The first-order chi connectivity index (χ1) is 16.8. The number of hydrogen-bond acceptors (Lipinski definition) is 4. The van der Waals surface area contributed by atoms with E-state index < -0.39 is 87.0 Å². The second-order valence-corrected chi connectivity index (χ2v) is 7.21. The summed E-state index contributed by atoms with van der Waals surface area (Å²) in [5, 5.41) is 0. The minimum Gasteiger partial charge on any atom is -0.457 e. The molecular formula is C21H10F12N2O2.